The van der Waals surface area contributed by atoms with Gasteiger partial charge in [0.05, 0.1) is 6.42 Å². The molecule has 0 atom stereocenters. The Morgan fingerprint density at radius 1 is 1.09 bits per heavy atom. The van der Waals surface area contributed by atoms with Gasteiger partial charge < -0.3 is 15.5 Å². The molecule has 2 N–H and O–H groups in total. The molecule has 1 aromatic rings. The molecule has 3 amide bonds. The molecule has 0 fully saturated rings. The van der Waals surface area contributed by atoms with Crippen molar-refractivity contribution in [1.29, 1.82) is 0 Å². The van der Waals surface area contributed by atoms with Crippen molar-refractivity contribution in [1.82, 2.24) is 10.2 Å². The molecule has 0 aromatic heterocycles. The Labute approximate surface area is 133 Å². The summed E-state index contributed by atoms with van der Waals surface area (Å²) >= 11 is 0. The van der Waals surface area contributed by atoms with Crippen molar-refractivity contribution in [2.75, 3.05) is 26.0 Å². The number of carbonyl (C=O) groups excluding carboxylic acids is 2. The molecule has 122 valence electrons. The molecule has 0 unspecified atom stereocenters. The van der Waals surface area contributed by atoms with Crippen molar-refractivity contribution >= 4 is 17.6 Å². The zero-order chi connectivity index (χ0) is 16.4. The number of para-hydroxylation sites is 1. The lowest BCUT2D eigenvalue weighted by Crippen LogP contribution is -2.30. The van der Waals surface area contributed by atoms with Crippen LogP contribution in [0.3, 0.4) is 0 Å². The molecule has 5 nitrogen and oxygen atoms in total. The monoisotopic (exact) mass is 305 g/mol. The minimum atomic E-state index is -0.221. The standard InChI is InChI=1S/C17H27N3O2/c1-4-5-6-9-12-18-17(22)19-15-11-8-7-10-14(15)13-16(21)20(2)3/h7-8,10-11H,4-6,9,12-13H2,1-3H3,(H2,18,19,22). The molecule has 1 aromatic carbocycles. The van der Waals surface area contributed by atoms with Gasteiger partial charge in [-0.15, -0.1) is 0 Å². The molecule has 0 heterocycles. The van der Waals surface area contributed by atoms with E-state index in [-0.39, 0.29) is 18.4 Å². The van der Waals surface area contributed by atoms with Crippen molar-refractivity contribution in [3.05, 3.63) is 29.8 Å². The van der Waals surface area contributed by atoms with Crippen LogP contribution >= 0.6 is 0 Å². The SMILES string of the molecule is CCCCCCNC(=O)Nc1ccccc1CC(=O)N(C)C. The summed E-state index contributed by atoms with van der Waals surface area (Å²) in [5, 5.41) is 5.67. The third kappa shape index (κ3) is 6.61. The Morgan fingerprint density at radius 2 is 1.82 bits per heavy atom. The number of benzene rings is 1. The molecule has 0 bridgehead atoms. The van der Waals surface area contributed by atoms with E-state index in [0.717, 1.165) is 18.4 Å². The number of nitrogens with zero attached hydrogens (tertiary/aromatic N) is 1. The number of unbranched alkanes of at least 4 members (excludes halogenated alkanes) is 3. The van der Waals surface area contributed by atoms with Crippen molar-refractivity contribution in [3.63, 3.8) is 0 Å². The maximum atomic E-state index is 11.9. The van der Waals surface area contributed by atoms with Crippen LogP contribution in [0.5, 0.6) is 0 Å². The number of likely N-dealkylation sites (N-methyl/N-ethyl adjacent to an activating group) is 1. The van der Waals surface area contributed by atoms with Crippen molar-refractivity contribution in [2.24, 2.45) is 0 Å². The Balaban J connectivity index is 2.51. The van der Waals surface area contributed by atoms with Crippen molar-refractivity contribution in [3.8, 4) is 0 Å². The van der Waals surface area contributed by atoms with E-state index < -0.39 is 0 Å². The molecule has 0 aliphatic carbocycles. The van der Waals surface area contributed by atoms with E-state index in [1.54, 1.807) is 19.0 Å². The molecule has 0 aliphatic rings. The normalized spacial score (nSPS) is 10.1. The van der Waals surface area contributed by atoms with Crippen LogP contribution in [0.1, 0.15) is 38.2 Å². The molecular formula is C17H27N3O2. The first-order valence-corrected chi connectivity index (χ1v) is 7.87. The van der Waals surface area contributed by atoms with E-state index >= 15 is 0 Å². The summed E-state index contributed by atoms with van der Waals surface area (Å²) in [6.07, 6.45) is 4.77. The van der Waals surface area contributed by atoms with Crippen LogP contribution < -0.4 is 10.6 Å². The summed E-state index contributed by atoms with van der Waals surface area (Å²) in [5.41, 5.74) is 1.51. The van der Waals surface area contributed by atoms with Crippen LogP contribution in [-0.4, -0.2) is 37.5 Å². The fourth-order valence-corrected chi connectivity index (χ4v) is 2.04. The largest absolute Gasteiger partial charge is 0.349 e. The van der Waals surface area contributed by atoms with Gasteiger partial charge in [0, 0.05) is 26.3 Å². The average molecular weight is 305 g/mol. The van der Waals surface area contributed by atoms with Gasteiger partial charge in [0.1, 0.15) is 0 Å². The molecule has 0 aliphatic heterocycles. The van der Waals surface area contributed by atoms with Crippen LogP contribution in [0, 0.1) is 0 Å². The fraction of sp³-hybridized carbons (Fsp3) is 0.529. The highest BCUT2D eigenvalue weighted by molar-refractivity contribution is 5.91. The van der Waals surface area contributed by atoms with E-state index in [2.05, 4.69) is 17.6 Å². The smallest absolute Gasteiger partial charge is 0.319 e. The van der Waals surface area contributed by atoms with Gasteiger partial charge in [-0.1, -0.05) is 44.4 Å². The van der Waals surface area contributed by atoms with Crippen LogP contribution in [0.4, 0.5) is 10.5 Å². The second-order valence-corrected chi connectivity index (χ2v) is 5.56. The zero-order valence-corrected chi connectivity index (χ0v) is 13.8. The van der Waals surface area contributed by atoms with Crippen molar-refractivity contribution in [2.45, 2.75) is 39.0 Å². The van der Waals surface area contributed by atoms with Gasteiger partial charge in [-0.2, -0.15) is 0 Å². The molecule has 0 saturated heterocycles. The van der Waals surface area contributed by atoms with Crippen LogP contribution in [0.15, 0.2) is 24.3 Å². The molecule has 0 radical (unpaired) electrons. The maximum absolute atomic E-state index is 11.9. The summed E-state index contributed by atoms with van der Waals surface area (Å²) < 4.78 is 0. The first kappa shape index (κ1) is 18.0. The molecular weight excluding hydrogens is 278 g/mol. The van der Waals surface area contributed by atoms with Gasteiger partial charge in [0.15, 0.2) is 0 Å². The third-order valence-electron chi connectivity index (χ3n) is 3.42. The predicted molar refractivity (Wildman–Crippen MR) is 90.0 cm³/mol. The topological polar surface area (TPSA) is 61.4 Å². The van der Waals surface area contributed by atoms with Gasteiger partial charge in [0.25, 0.3) is 0 Å². The lowest BCUT2D eigenvalue weighted by atomic mass is 10.1. The highest BCUT2D eigenvalue weighted by Gasteiger charge is 2.11. The number of hydrogen-bond acceptors (Lipinski definition) is 2. The van der Waals surface area contributed by atoms with Crippen LogP contribution in [-0.2, 0) is 11.2 Å². The number of hydrogen-bond donors (Lipinski definition) is 2. The first-order chi connectivity index (χ1) is 10.5. The quantitative estimate of drug-likeness (QED) is 0.725. The number of rotatable bonds is 8. The summed E-state index contributed by atoms with van der Waals surface area (Å²) in [7, 11) is 3.45. The van der Waals surface area contributed by atoms with Gasteiger partial charge >= 0.3 is 6.03 Å². The highest BCUT2D eigenvalue weighted by atomic mass is 16.2. The van der Waals surface area contributed by atoms with Gasteiger partial charge in [-0.25, -0.2) is 4.79 Å². The fourth-order valence-electron chi connectivity index (χ4n) is 2.04. The van der Waals surface area contributed by atoms with Gasteiger partial charge in [-0.05, 0) is 18.1 Å². The minimum Gasteiger partial charge on any atom is -0.349 e. The second kappa shape index (κ2) is 9.82. The third-order valence-corrected chi connectivity index (χ3v) is 3.42. The van der Waals surface area contributed by atoms with Gasteiger partial charge in [-0.3, -0.25) is 4.79 Å². The Bertz CT molecular complexity index is 487. The lowest BCUT2D eigenvalue weighted by molar-refractivity contribution is -0.127. The van der Waals surface area contributed by atoms with E-state index in [9.17, 15) is 9.59 Å². The van der Waals surface area contributed by atoms with Crippen LogP contribution in [0.2, 0.25) is 0 Å². The maximum Gasteiger partial charge on any atom is 0.319 e. The number of urea groups is 1. The average Bonchev–Trinajstić information content (AvgIpc) is 2.49. The summed E-state index contributed by atoms with van der Waals surface area (Å²) in [6, 6.07) is 7.17. The lowest BCUT2D eigenvalue weighted by Gasteiger charge is -2.14. The predicted octanol–water partition coefficient (Wildman–Crippen LogP) is 3.02. The molecule has 0 spiro atoms. The number of anilines is 1. The zero-order valence-electron chi connectivity index (χ0n) is 13.8. The molecule has 0 saturated carbocycles. The minimum absolute atomic E-state index is 0.00854. The first-order valence-electron chi connectivity index (χ1n) is 7.87. The molecule has 5 heteroatoms. The van der Waals surface area contributed by atoms with Crippen molar-refractivity contribution < 1.29 is 9.59 Å². The Kier molecular flexibility index (Phi) is 8.04. The van der Waals surface area contributed by atoms with E-state index in [4.69, 9.17) is 0 Å². The van der Waals surface area contributed by atoms with Gasteiger partial charge in [0.2, 0.25) is 5.91 Å². The van der Waals surface area contributed by atoms with E-state index in [0.29, 0.717) is 12.2 Å². The molecule has 22 heavy (non-hydrogen) atoms. The van der Waals surface area contributed by atoms with Crippen LogP contribution in [0.25, 0.3) is 0 Å². The molecule has 1 rings (SSSR count). The number of carbonyl (C=O) groups is 2. The Hall–Kier alpha value is -2.04. The second-order valence-electron chi connectivity index (χ2n) is 5.56. The van der Waals surface area contributed by atoms with E-state index in [1.807, 2.05) is 24.3 Å². The summed E-state index contributed by atoms with van der Waals surface area (Å²) in [6.45, 7) is 2.83. The number of nitrogens with one attached hydrogen (secondary N) is 2. The van der Waals surface area contributed by atoms with E-state index in [1.165, 1.54) is 12.8 Å². The number of amides is 3. The summed E-state index contributed by atoms with van der Waals surface area (Å²) in [4.78, 5) is 25.3. The highest BCUT2D eigenvalue weighted by Crippen LogP contribution is 2.16. The Morgan fingerprint density at radius 3 is 2.50 bits per heavy atom. The summed E-state index contributed by atoms with van der Waals surface area (Å²) in [5.74, 6) is 0.00854.